The van der Waals surface area contributed by atoms with E-state index in [4.69, 9.17) is 10.5 Å². The van der Waals surface area contributed by atoms with Gasteiger partial charge in [0.25, 0.3) is 0 Å². The minimum absolute atomic E-state index is 0.0189. The average molecular weight is 298 g/mol. The Morgan fingerprint density at radius 2 is 2.19 bits per heavy atom. The third-order valence-electron chi connectivity index (χ3n) is 3.93. The van der Waals surface area contributed by atoms with E-state index in [0.29, 0.717) is 38.9 Å². The van der Waals surface area contributed by atoms with Gasteiger partial charge in [-0.25, -0.2) is 0 Å². The van der Waals surface area contributed by atoms with E-state index in [2.05, 4.69) is 5.32 Å². The maximum absolute atomic E-state index is 12.2. The van der Waals surface area contributed by atoms with Gasteiger partial charge in [0, 0.05) is 26.2 Å². The van der Waals surface area contributed by atoms with Crippen molar-refractivity contribution in [2.24, 2.45) is 5.73 Å². The highest BCUT2D eigenvalue weighted by Crippen LogP contribution is 2.19. The van der Waals surface area contributed by atoms with E-state index in [9.17, 15) is 9.59 Å². The van der Waals surface area contributed by atoms with Crippen LogP contribution in [0.25, 0.3) is 0 Å². The smallest absolute Gasteiger partial charge is 0.239 e. The number of ether oxygens (including phenoxy) is 1. The maximum atomic E-state index is 12.2. The molecule has 2 amide bonds. The number of nitrogens with one attached hydrogen (secondary N) is 1. The molecule has 120 valence electrons. The van der Waals surface area contributed by atoms with E-state index < -0.39 is 0 Å². The van der Waals surface area contributed by atoms with Crippen molar-refractivity contribution in [3.8, 4) is 0 Å². The Balaban J connectivity index is 1.85. The fourth-order valence-electron chi connectivity index (χ4n) is 2.34. The summed E-state index contributed by atoms with van der Waals surface area (Å²) < 4.78 is 5.40. The molecule has 21 heavy (non-hydrogen) atoms. The van der Waals surface area contributed by atoms with E-state index in [1.165, 1.54) is 0 Å². The Kier molecular flexibility index (Phi) is 5.96. The van der Waals surface area contributed by atoms with Crippen LogP contribution in [0, 0.1) is 0 Å². The zero-order valence-corrected chi connectivity index (χ0v) is 12.7. The van der Waals surface area contributed by atoms with Gasteiger partial charge < -0.3 is 20.7 Å². The van der Waals surface area contributed by atoms with Gasteiger partial charge in [0.2, 0.25) is 11.8 Å². The number of rotatable bonds is 7. The molecule has 7 nitrogen and oxygen atoms in total. The molecule has 0 bridgehead atoms. The van der Waals surface area contributed by atoms with Gasteiger partial charge in [0.15, 0.2) is 0 Å². The second kappa shape index (κ2) is 7.72. The van der Waals surface area contributed by atoms with E-state index in [1.54, 1.807) is 11.9 Å². The maximum Gasteiger partial charge on any atom is 0.239 e. The molecule has 1 aliphatic carbocycles. The Bertz CT molecular complexity index is 373. The van der Waals surface area contributed by atoms with Crippen LogP contribution in [0.15, 0.2) is 0 Å². The predicted molar refractivity (Wildman–Crippen MR) is 78.7 cm³/mol. The molecule has 0 radical (unpaired) electrons. The lowest BCUT2D eigenvalue weighted by atomic mass is 10.2. The van der Waals surface area contributed by atoms with Crippen molar-refractivity contribution in [1.29, 1.82) is 0 Å². The number of nitrogens with two attached hydrogens (primary N) is 1. The van der Waals surface area contributed by atoms with E-state index >= 15 is 0 Å². The summed E-state index contributed by atoms with van der Waals surface area (Å²) in [7, 11) is 1.78. The molecular formula is C14H26N4O3. The lowest BCUT2D eigenvalue weighted by Crippen LogP contribution is -2.56. The summed E-state index contributed by atoms with van der Waals surface area (Å²) >= 11 is 0. The predicted octanol–water partition coefficient (Wildman–Crippen LogP) is -1.23. The summed E-state index contributed by atoms with van der Waals surface area (Å²) in [6, 6.07) is -0.0320. The number of carbonyl (C=O) groups is 2. The first kappa shape index (κ1) is 16.2. The summed E-state index contributed by atoms with van der Waals surface area (Å²) in [4.78, 5) is 28.0. The highest BCUT2D eigenvalue weighted by Gasteiger charge is 2.34. The highest BCUT2D eigenvalue weighted by molar-refractivity contribution is 5.84. The van der Waals surface area contributed by atoms with E-state index in [0.717, 1.165) is 19.3 Å². The van der Waals surface area contributed by atoms with Gasteiger partial charge in [0.1, 0.15) is 6.04 Å². The monoisotopic (exact) mass is 298 g/mol. The Morgan fingerprint density at radius 1 is 1.43 bits per heavy atom. The molecule has 7 heteroatoms. The third-order valence-corrected chi connectivity index (χ3v) is 3.93. The van der Waals surface area contributed by atoms with Crippen molar-refractivity contribution in [1.82, 2.24) is 15.1 Å². The second-order valence-corrected chi connectivity index (χ2v) is 5.80. The lowest BCUT2D eigenvalue weighted by Gasteiger charge is -2.34. The molecule has 1 saturated heterocycles. The van der Waals surface area contributed by atoms with Crippen LogP contribution >= 0.6 is 0 Å². The van der Waals surface area contributed by atoms with Gasteiger partial charge in [-0.3, -0.25) is 14.5 Å². The fourth-order valence-corrected chi connectivity index (χ4v) is 2.34. The van der Waals surface area contributed by atoms with Crippen molar-refractivity contribution in [3.05, 3.63) is 0 Å². The minimum Gasteiger partial charge on any atom is -0.378 e. The Labute approximate surface area is 125 Å². The van der Waals surface area contributed by atoms with Gasteiger partial charge >= 0.3 is 0 Å². The molecule has 3 N–H and O–H groups in total. The topological polar surface area (TPSA) is 87.9 Å². The number of amides is 2. The van der Waals surface area contributed by atoms with Gasteiger partial charge in [-0.1, -0.05) is 0 Å². The zero-order valence-electron chi connectivity index (χ0n) is 12.7. The zero-order chi connectivity index (χ0) is 15.2. The Morgan fingerprint density at radius 3 is 2.86 bits per heavy atom. The van der Waals surface area contributed by atoms with Crippen molar-refractivity contribution in [2.45, 2.75) is 31.3 Å². The van der Waals surface area contributed by atoms with Gasteiger partial charge in [0.05, 0.1) is 19.8 Å². The molecule has 1 aliphatic heterocycles. The molecule has 2 aliphatic rings. The molecule has 1 heterocycles. The van der Waals surface area contributed by atoms with Crippen LogP contribution in [-0.4, -0.2) is 80.1 Å². The average Bonchev–Trinajstić information content (AvgIpc) is 3.29. The largest absolute Gasteiger partial charge is 0.378 e. The first-order chi connectivity index (χ1) is 10.1. The first-order valence-electron chi connectivity index (χ1n) is 7.68. The minimum atomic E-state index is -0.355. The Hall–Kier alpha value is -1.18. The number of hydrogen-bond acceptors (Lipinski definition) is 5. The van der Waals surface area contributed by atoms with Crippen molar-refractivity contribution < 1.29 is 14.3 Å². The van der Waals surface area contributed by atoms with Crippen LogP contribution in [0.2, 0.25) is 0 Å². The van der Waals surface area contributed by atoms with Gasteiger partial charge in [-0.2, -0.15) is 0 Å². The molecule has 0 aromatic heterocycles. The van der Waals surface area contributed by atoms with Crippen molar-refractivity contribution >= 4 is 11.8 Å². The number of morpholine rings is 1. The third kappa shape index (κ3) is 4.94. The van der Waals surface area contributed by atoms with E-state index in [1.807, 2.05) is 4.90 Å². The molecule has 2 fully saturated rings. The summed E-state index contributed by atoms with van der Waals surface area (Å²) in [5.74, 6) is 0.00387. The number of nitrogens with zero attached hydrogens (tertiary/aromatic N) is 2. The summed E-state index contributed by atoms with van der Waals surface area (Å²) in [5.41, 5.74) is 5.46. The summed E-state index contributed by atoms with van der Waals surface area (Å²) in [6.07, 6.45) is 2.90. The number of hydrogen-bond donors (Lipinski definition) is 2. The fraction of sp³-hybridized carbons (Fsp3) is 0.857. The van der Waals surface area contributed by atoms with Crippen LogP contribution in [0.1, 0.15) is 19.3 Å². The molecule has 0 aromatic rings. The van der Waals surface area contributed by atoms with Crippen molar-refractivity contribution in [2.75, 3.05) is 46.4 Å². The molecule has 2 rings (SSSR count). The quantitative estimate of drug-likeness (QED) is 0.615. The molecule has 0 spiro atoms. The summed E-state index contributed by atoms with van der Waals surface area (Å²) in [5, 5.41) is 2.99. The van der Waals surface area contributed by atoms with Gasteiger partial charge in [-0.05, 0) is 25.8 Å². The normalized spacial score (nSPS) is 22.9. The van der Waals surface area contributed by atoms with Crippen LogP contribution in [0.4, 0.5) is 0 Å². The molecular weight excluding hydrogens is 272 g/mol. The highest BCUT2D eigenvalue weighted by atomic mass is 16.5. The SMILES string of the molecule is CN(CCCN)C(=O)CN1CCOCC1C(=O)NC1CC1. The molecule has 1 atom stereocenters. The first-order valence-corrected chi connectivity index (χ1v) is 7.68. The molecule has 1 unspecified atom stereocenters. The number of likely N-dealkylation sites (N-methyl/N-ethyl adjacent to an activating group) is 1. The second-order valence-electron chi connectivity index (χ2n) is 5.80. The van der Waals surface area contributed by atoms with Crippen molar-refractivity contribution in [3.63, 3.8) is 0 Å². The van der Waals surface area contributed by atoms with Crippen LogP contribution in [-0.2, 0) is 14.3 Å². The summed E-state index contributed by atoms with van der Waals surface area (Å²) in [6.45, 7) is 3.01. The molecule has 1 saturated carbocycles. The standard InChI is InChI=1S/C14H26N4O3/c1-17(6-2-5-15)13(19)9-18-7-8-21-10-12(18)14(20)16-11-3-4-11/h11-12H,2-10,15H2,1H3,(H,16,20). The van der Waals surface area contributed by atoms with Gasteiger partial charge in [-0.15, -0.1) is 0 Å². The molecule has 0 aromatic carbocycles. The van der Waals surface area contributed by atoms with E-state index in [-0.39, 0.29) is 24.4 Å². The van der Waals surface area contributed by atoms with Crippen LogP contribution in [0.5, 0.6) is 0 Å². The van der Waals surface area contributed by atoms with Crippen LogP contribution < -0.4 is 11.1 Å². The number of carbonyl (C=O) groups excluding carboxylic acids is 2. The van der Waals surface area contributed by atoms with Crippen LogP contribution in [0.3, 0.4) is 0 Å². The lowest BCUT2D eigenvalue weighted by molar-refractivity contribution is -0.139.